The minimum absolute atomic E-state index is 0.0217. The van der Waals surface area contributed by atoms with Crippen molar-refractivity contribution >= 4 is 0 Å². The van der Waals surface area contributed by atoms with E-state index >= 15 is 0 Å². The van der Waals surface area contributed by atoms with Crippen LogP contribution in [0.15, 0.2) is 0 Å². The molecule has 0 aromatic carbocycles. The summed E-state index contributed by atoms with van der Waals surface area (Å²) in [6.45, 7) is 0.753. The molecule has 1 atom stereocenters. The van der Waals surface area contributed by atoms with Gasteiger partial charge < -0.3 is 0 Å². The molecule has 1 fully saturated rings. The Hall–Kier alpha value is -0.200. The lowest BCUT2D eigenvalue weighted by molar-refractivity contribution is -1.11. The van der Waals surface area contributed by atoms with Gasteiger partial charge in [0.2, 0.25) is 0 Å². The van der Waals surface area contributed by atoms with E-state index in [4.69, 9.17) is 10.4 Å². The van der Waals surface area contributed by atoms with Gasteiger partial charge in [-0.05, 0) is 12.8 Å². The van der Waals surface area contributed by atoms with Crippen molar-refractivity contribution < 1.29 is 20.3 Å². The lowest BCUT2D eigenvalue weighted by Gasteiger charge is -2.36. The summed E-state index contributed by atoms with van der Waals surface area (Å²) in [5.74, 6) is 0. The SMILES string of the molecule is C[N+](O)(CCCN(O)O)C1CCCCC1. The molecule has 0 radical (unpaired) electrons. The van der Waals surface area contributed by atoms with Crippen LogP contribution in [0.1, 0.15) is 38.5 Å². The zero-order valence-corrected chi connectivity index (χ0v) is 9.47. The standard InChI is InChI=1S/C10H23N2O3/c1-12(15,9-5-8-11(13)14)10-6-3-2-4-7-10/h10,13-15H,2-9H2,1H3/q+1. The zero-order chi connectivity index (χ0) is 11.3. The summed E-state index contributed by atoms with van der Waals surface area (Å²) in [5.41, 5.74) is 0. The highest BCUT2D eigenvalue weighted by molar-refractivity contribution is 4.64. The Morgan fingerprint density at radius 1 is 1.20 bits per heavy atom. The summed E-state index contributed by atoms with van der Waals surface area (Å²) in [6, 6.07) is 0.324. The van der Waals surface area contributed by atoms with Gasteiger partial charge in [0.1, 0.15) is 12.6 Å². The second kappa shape index (κ2) is 5.77. The Balaban J connectivity index is 2.29. The third-order valence-electron chi connectivity index (χ3n) is 3.33. The number of hydrogen-bond donors (Lipinski definition) is 3. The van der Waals surface area contributed by atoms with Crippen molar-refractivity contribution in [1.29, 1.82) is 0 Å². The van der Waals surface area contributed by atoms with Crippen LogP contribution in [0.3, 0.4) is 0 Å². The Bertz CT molecular complexity index is 180. The molecule has 90 valence electrons. The molecule has 1 saturated carbocycles. The second-order valence-electron chi connectivity index (χ2n) is 4.68. The lowest BCUT2D eigenvalue weighted by Crippen LogP contribution is -2.51. The van der Waals surface area contributed by atoms with Crippen molar-refractivity contribution in [1.82, 2.24) is 5.23 Å². The normalized spacial score (nSPS) is 23.0. The molecule has 0 heterocycles. The van der Waals surface area contributed by atoms with Crippen molar-refractivity contribution in [3.8, 4) is 0 Å². The number of rotatable bonds is 5. The fourth-order valence-electron chi connectivity index (χ4n) is 2.35. The molecular formula is C10H23N2O3+. The fraction of sp³-hybridized carbons (Fsp3) is 1.00. The van der Waals surface area contributed by atoms with Crippen molar-refractivity contribution in [2.75, 3.05) is 20.1 Å². The number of nitrogens with zero attached hydrogens (tertiary/aromatic N) is 2. The van der Waals surface area contributed by atoms with E-state index in [0.29, 0.717) is 19.0 Å². The molecule has 15 heavy (non-hydrogen) atoms. The van der Waals surface area contributed by atoms with Crippen molar-refractivity contribution in [3.63, 3.8) is 0 Å². The van der Waals surface area contributed by atoms with Crippen LogP contribution in [0, 0.1) is 0 Å². The van der Waals surface area contributed by atoms with Crippen LogP contribution in [-0.4, -0.2) is 51.7 Å². The molecule has 0 amide bonds. The van der Waals surface area contributed by atoms with E-state index in [1.807, 2.05) is 7.05 Å². The summed E-state index contributed by atoms with van der Waals surface area (Å²) in [6.07, 6.45) is 6.41. The molecule has 1 rings (SSSR count). The van der Waals surface area contributed by atoms with Gasteiger partial charge in [0, 0.05) is 19.3 Å². The van der Waals surface area contributed by atoms with Crippen molar-refractivity contribution in [2.45, 2.75) is 44.6 Å². The van der Waals surface area contributed by atoms with E-state index in [2.05, 4.69) is 0 Å². The first-order chi connectivity index (χ1) is 7.02. The molecule has 0 saturated heterocycles. The number of hydrogen-bond acceptors (Lipinski definition) is 4. The van der Waals surface area contributed by atoms with Crippen LogP contribution < -0.4 is 0 Å². The highest BCUT2D eigenvalue weighted by atomic mass is 16.8. The maximum absolute atomic E-state index is 10.2. The second-order valence-corrected chi connectivity index (χ2v) is 4.68. The fourth-order valence-corrected chi connectivity index (χ4v) is 2.35. The molecule has 5 nitrogen and oxygen atoms in total. The van der Waals surface area contributed by atoms with Gasteiger partial charge in [-0.3, -0.25) is 10.4 Å². The van der Waals surface area contributed by atoms with E-state index < -0.39 is 0 Å². The maximum Gasteiger partial charge on any atom is 0.119 e. The third kappa shape index (κ3) is 4.44. The van der Waals surface area contributed by atoms with Crippen LogP contribution in [-0.2, 0) is 0 Å². The highest BCUT2D eigenvalue weighted by Crippen LogP contribution is 2.25. The van der Waals surface area contributed by atoms with E-state index in [1.165, 1.54) is 19.3 Å². The molecule has 0 aromatic rings. The molecule has 1 aliphatic carbocycles. The van der Waals surface area contributed by atoms with Gasteiger partial charge in [0.25, 0.3) is 0 Å². The molecule has 0 bridgehead atoms. The molecule has 1 aliphatic rings. The zero-order valence-electron chi connectivity index (χ0n) is 9.47. The molecular weight excluding hydrogens is 196 g/mol. The molecule has 0 aliphatic heterocycles. The molecule has 5 heteroatoms. The summed E-state index contributed by atoms with van der Waals surface area (Å²) in [7, 11) is 1.81. The minimum atomic E-state index is 0.0217. The quantitative estimate of drug-likeness (QED) is 0.486. The van der Waals surface area contributed by atoms with Crippen LogP contribution in [0.25, 0.3) is 0 Å². The molecule has 0 spiro atoms. The first-order valence-corrected chi connectivity index (χ1v) is 5.75. The third-order valence-corrected chi connectivity index (χ3v) is 3.33. The Morgan fingerprint density at radius 3 is 2.33 bits per heavy atom. The average Bonchev–Trinajstić information content (AvgIpc) is 2.18. The van der Waals surface area contributed by atoms with Gasteiger partial charge >= 0.3 is 0 Å². The Morgan fingerprint density at radius 2 is 1.80 bits per heavy atom. The maximum atomic E-state index is 10.2. The van der Waals surface area contributed by atoms with Gasteiger partial charge in [-0.2, -0.15) is 4.65 Å². The summed E-state index contributed by atoms with van der Waals surface area (Å²) in [4.78, 5) is 0. The smallest absolute Gasteiger partial charge is 0.119 e. The lowest BCUT2D eigenvalue weighted by atomic mass is 9.94. The largest absolute Gasteiger partial charge is 0.290 e. The highest BCUT2D eigenvalue weighted by Gasteiger charge is 2.32. The number of hydroxylamine groups is 5. The molecule has 3 N–H and O–H groups in total. The molecule has 0 aromatic heterocycles. The molecule has 1 unspecified atom stereocenters. The Labute approximate surface area is 91.0 Å². The summed E-state index contributed by atoms with van der Waals surface area (Å²) >= 11 is 0. The topological polar surface area (TPSA) is 63.9 Å². The van der Waals surface area contributed by atoms with Gasteiger partial charge in [-0.15, -0.1) is 0 Å². The van der Waals surface area contributed by atoms with Crippen LogP contribution in [0.2, 0.25) is 0 Å². The Kier molecular flexibility index (Phi) is 4.95. The predicted molar refractivity (Wildman–Crippen MR) is 54.6 cm³/mol. The van der Waals surface area contributed by atoms with Crippen LogP contribution >= 0.6 is 0 Å². The summed E-state index contributed by atoms with van der Waals surface area (Å²) in [5, 5.41) is 27.5. The van der Waals surface area contributed by atoms with Gasteiger partial charge in [-0.1, -0.05) is 11.6 Å². The van der Waals surface area contributed by atoms with E-state index in [9.17, 15) is 5.21 Å². The van der Waals surface area contributed by atoms with Crippen molar-refractivity contribution in [3.05, 3.63) is 0 Å². The predicted octanol–water partition coefficient (Wildman–Crippen LogP) is 1.63. The van der Waals surface area contributed by atoms with E-state index in [1.54, 1.807) is 0 Å². The first kappa shape index (κ1) is 12.9. The van der Waals surface area contributed by atoms with E-state index in [0.717, 1.165) is 12.8 Å². The van der Waals surface area contributed by atoms with E-state index in [-0.39, 0.29) is 16.4 Å². The van der Waals surface area contributed by atoms with Gasteiger partial charge in [0.15, 0.2) is 0 Å². The van der Waals surface area contributed by atoms with Gasteiger partial charge in [0.05, 0.1) is 13.6 Å². The summed E-state index contributed by atoms with van der Waals surface area (Å²) < 4.78 is 0.0217. The number of quaternary nitrogens is 1. The van der Waals surface area contributed by atoms with Crippen LogP contribution in [0.5, 0.6) is 0 Å². The average molecular weight is 219 g/mol. The monoisotopic (exact) mass is 219 g/mol. The van der Waals surface area contributed by atoms with Gasteiger partial charge in [-0.25, -0.2) is 5.21 Å². The van der Waals surface area contributed by atoms with Crippen molar-refractivity contribution in [2.24, 2.45) is 0 Å². The first-order valence-electron chi connectivity index (χ1n) is 5.75. The van der Waals surface area contributed by atoms with Crippen LogP contribution in [0.4, 0.5) is 0 Å². The minimum Gasteiger partial charge on any atom is -0.290 e.